The number of hydrogen-bond donors (Lipinski definition) is 1. The molecule has 2 rings (SSSR count). The first-order chi connectivity index (χ1) is 9.78. The molecule has 0 saturated heterocycles. The second kappa shape index (κ2) is 7.68. The highest BCUT2D eigenvalue weighted by molar-refractivity contribution is 5.29. The fraction of sp³-hybridized carbons (Fsp3) is 0.294. The summed E-state index contributed by atoms with van der Waals surface area (Å²) in [6, 6.07) is 18.4. The molecule has 0 amide bonds. The average molecular weight is 270 g/mol. The Bertz CT molecular complexity index is 513. The lowest BCUT2D eigenvalue weighted by atomic mass is 10.2. The predicted molar refractivity (Wildman–Crippen MR) is 82.6 cm³/mol. The minimum atomic E-state index is 0.600. The van der Waals surface area contributed by atoms with Crippen LogP contribution in [-0.2, 0) is 13.2 Å². The van der Waals surface area contributed by atoms with E-state index in [0.717, 1.165) is 18.8 Å². The van der Waals surface area contributed by atoms with Crippen molar-refractivity contribution in [2.75, 3.05) is 20.1 Å². The third-order valence-corrected chi connectivity index (χ3v) is 3.11. The third-order valence-electron chi connectivity index (χ3n) is 3.11. The van der Waals surface area contributed by atoms with E-state index in [9.17, 15) is 0 Å². The van der Waals surface area contributed by atoms with Gasteiger partial charge in [-0.25, -0.2) is 0 Å². The van der Waals surface area contributed by atoms with Gasteiger partial charge in [0.05, 0.1) is 0 Å². The second-order valence-corrected chi connectivity index (χ2v) is 4.95. The molecule has 3 nitrogen and oxygen atoms in total. The lowest BCUT2D eigenvalue weighted by Crippen LogP contribution is -2.24. The van der Waals surface area contributed by atoms with Crippen molar-refractivity contribution in [3.63, 3.8) is 0 Å². The fourth-order valence-electron chi connectivity index (χ4n) is 2.09. The van der Waals surface area contributed by atoms with Crippen molar-refractivity contribution >= 4 is 0 Å². The van der Waals surface area contributed by atoms with E-state index in [-0.39, 0.29) is 0 Å². The van der Waals surface area contributed by atoms with Crippen LogP contribution < -0.4 is 10.5 Å². The van der Waals surface area contributed by atoms with Gasteiger partial charge in [0.1, 0.15) is 12.4 Å². The Balaban J connectivity index is 1.92. The van der Waals surface area contributed by atoms with E-state index in [1.54, 1.807) is 0 Å². The molecule has 0 bridgehead atoms. The first-order valence-electron chi connectivity index (χ1n) is 6.92. The highest BCUT2D eigenvalue weighted by Crippen LogP contribution is 2.16. The van der Waals surface area contributed by atoms with Crippen LogP contribution >= 0.6 is 0 Å². The molecule has 0 spiro atoms. The number of rotatable bonds is 7. The lowest BCUT2D eigenvalue weighted by Gasteiger charge is -2.16. The van der Waals surface area contributed by atoms with Gasteiger partial charge in [-0.1, -0.05) is 42.5 Å². The molecule has 0 aromatic heterocycles. The van der Waals surface area contributed by atoms with E-state index in [0.29, 0.717) is 13.2 Å². The Kier molecular flexibility index (Phi) is 5.59. The van der Waals surface area contributed by atoms with Gasteiger partial charge in [0.2, 0.25) is 0 Å². The molecule has 0 atom stereocenters. The topological polar surface area (TPSA) is 38.5 Å². The van der Waals surface area contributed by atoms with Crippen molar-refractivity contribution in [1.29, 1.82) is 0 Å². The fourth-order valence-corrected chi connectivity index (χ4v) is 2.09. The number of ether oxygens (including phenoxy) is 1. The second-order valence-electron chi connectivity index (χ2n) is 4.95. The molecular formula is C17H22N2O. The largest absolute Gasteiger partial charge is 0.489 e. The quantitative estimate of drug-likeness (QED) is 0.840. The summed E-state index contributed by atoms with van der Waals surface area (Å²) < 4.78 is 5.83. The normalized spacial score (nSPS) is 10.8. The van der Waals surface area contributed by atoms with Crippen LogP contribution in [0.3, 0.4) is 0 Å². The third kappa shape index (κ3) is 4.68. The predicted octanol–water partition coefficient (Wildman–Crippen LogP) is 2.66. The van der Waals surface area contributed by atoms with Gasteiger partial charge < -0.3 is 15.4 Å². The van der Waals surface area contributed by atoms with E-state index >= 15 is 0 Å². The van der Waals surface area contributed by atoms with E-state index in [4.69, 9.17) is 10.5 Å². The maximum absolute atomic E-state index is 5.83. The summed E-state index contributed by atoms with van der Waals surface area (Å²) in [5, 5.41) is 0. The number of hydrogen-bond acceptors (Lipinski definition) is 3. The Morgan fingerprint density at radius 1 is 1.00 bits per heavy atom. The molecule has 2 aromatic rings. The number of likely N-dealkylation sites (N-methyl/N-ethyl adjacent to an activating group) is 1. The van der Waals surface area contributed by atoms with Crippen LogP contribution in [0.2, 0.25) is 0 Å². The van der Waals surface area contributed by atoms with Crippen molar-refractivity contribution < 1.29 is 4.74 Å². The highest BCUT2D eigenvalue weighted by atomic mass is 16.5. The molecule has 0 radical (unpaired) electrons. The summed E-state index contributed by atoms with van der Waals surface area (Å²) in [6.45, 7) is 3.07. The Labute approximate surface area is 121 Å². The van der Waals surface area contributed by atoms with Gasteiger partial charge in [-0.15, -0.1) is 0 Å². The summed E-state index contributed by atoms with van der Waals surface area (Å²) in [4.78, 5) is 2.20. The molecule has 2 aromatic carbocycles. The van der Waals surface area contributed by atoms with Gasteiger partial charge >= 0.3 is 0 Å². The maximum atomic E-state index is 5.83. The Hall–Kier alpha value is -1.84. The molecule has 0 heterocycles. The zero-order valence-corrected chi connectivity index (χ0v) is 12.0. The lowest BCUT2D eigenvalue weighted by molar-refractivity contribution is 0.303. The van der Waals surface area contributed by atoms with E-state index < -0.39 is 0 Å². The SMILES string of the molecule is CN(CCN)Cc1cccc(OCc2ccccc2)c1. The Morgan fingerprint density at radius 2 is 1.75 bits per heavy atom. The van der Waals surface area contributed by atoms with Crippen LogP contribution in [0.25, 0.3) is 0 Å². The molecule has 0 fully saturated rings. The molecular weight excluding hydrogens is 248 g/mol. The molecule has 0 unspecified atom stereocenters. The maximum Gasteiger partial charge on any atom is 0.120 e. The smallest absolute Gasteiger partial charge is 0.120 e. The zero-order chi connectivity index (χ0) is 14.2. The molecule has 20 heavy (non-hydrogen) atoms. The van der Waals surface area contributed by atoms with Crippen LogP contribution in [0, 0.1) is 0 Å². The molecule has 0 aliphatic heterocycles. The zero-order valence-electron chi connectivity index (χ0n) is 12.0. The van der Waals surface area contributed by atoms with Crippen molar-refractivity contribution in [3.05, 3.63) is 65.7 Å². The van der Waals surface area contributed by atoms with Crippen molar-refractivity contribution in [2.24, 2.45) is 5.73 Å². The average Bonchev–Trinajstić information content (AvgIpc) is 2.47. The summed E-state index contributed by atoms with van der Waals surface area (Å²) in [5.74, 6) is 0.910. The number of nitrogens with two attached hydrogens (primary N) is 1. The molecule has 0 saturated carbocycles. The van der Waals surface area contributed by atoms with Gasteiger partial charge in [-0.05, 0) is 30.3 Å². The van der Waals surface area contributed by atoms with Gasteiger partial charge in [0.25, 0.3) is 0 Å². The minimum Gasteiger partial charge on any atom is -0.489 e. The summed E-state index contributed by atoms with van der Waals surface area (Å²) in [6.07, 6.45) is 0. The highest BCUT2D eigenvalue weighted by Gasteiger charge is 2.01. The Morgan fingerprint density at radius 3 is 2.50 bits per heavy atom. The van der Waals surface area contributed by atoms with E-state index in [2.05, 4.69) is 36.2 Å². The molecule has 0 aliphatic carbocycles. The first kappa shape index (κ1) is 14.6. The first-order valence-corrected chi connectivity index (χ1v) is 6.92. The van der Waals surface area contributed by atoms with E-state index in [1.165, 1.54) is 11.1 Å². The van der Waals surface area contributed by atoms with Crippen LogP contribution in [0.15, 0.2) is 54.6 Å². The summed E-state index contributed by atoms with van der Waals surface area (Å²) in [5.41, 5.74) is 7.98. The molecule has 2 N–H and O–H groups in total. The van der Waals surface area contributed by atoms with Crippen molar-refractivity contribution in [2.45, 2.75) is 13.2 Å². The summed E-state index contributed by atoms with van der Waals surface area (Å²) in [7, 11) is 2.07. The van der Waals surface area contributed by atoms with E-state index in [1.807, 2.05) is 30.3 Å². The van der Waals surface area contributed by atoms with Gasteiger partial charge in [0.15, 0.2) is 0 Å². The van der Waals surface area contributed by atoms with Crippen LogP contribution in [0.4, 0.5) is 0 Å². The van der Waals surface area contributed by atoms with Gasteiger partial charge in [-0.2, -0.15) is 0 Å². The van der Waals surface area contributed by atoms with Gasteiger partial charge in [0, 0.05) is 19.6 Å². The van der Waals surface area contributed by atoms with Crippen molar-refractivity contribution in [1.82, 2.24) is 4.90 Å². The number of nitrogens with zero attached hydrogens (tertiary/aromatic N) is 1. The molecule has 106 valence electrons. The minimum absolute atomic E-state index is 0.600. The number of benzene rings is 2. The summed E-state index contributed by atoms with van der Waals surface area (Å²) >= 11 is 0. The monoisotopic (exact) mass is 270 g/mol. The van der Waals surface area contributed by atoms with Crippen LogP contribution in [0.1, 0.15) is 11.1 Å². The van der Waals surface area contributed by atoms with Crippen LogP contribution in [0.5, 0.6) is 5.75 Å². The molecule has 3 heteroatoms. The standard InChI is InChI=1S/C17H22N2O/c1-19(11-10-18)13-16-8-5-9-17(12-16)20-14-15-6-3-2-4-7-15/h2-9,12H,10-11,13-14,18H2,1H3. The van der Waals surface area contributed by atoms with Crippen LogP contribution in [-0.4, -0.2) is 25.0 Å². The molecule has 0 aliphatic rings. The van der Waals surface area contributed by atoms with Crippen molar-refractivity contribution in [3.8, 4) is 5.75 Å². The van der Waals surface area contributed by atoms with Gasteiger partial charge in [-0.3, -0.25) is 0 Å².